The minimum atomic E-state index is 0.816. The molecule has 0 aliphatic rings. The standard InChI is InChI=1S/C12H15N3OS/c1-4-17-12-14-13-11(15(12)2)9-7-5-6-8-10(9)16-3/h5-8H,4H2,1-3H3. The van der Waals surface area contributed by atoms with Crippen molar-refractivity contribution in [2.24, 2.45) is 7.05 Å². The smallest absolute Gasteiger partial charge is 0.191 e. The van der Waals surface area contributed by atoms with Crippen LogP contribution in [0.3, 0.4) is 0 Å². The van der Waals surface area contributed by atoms with Crippen molar-refractivity contribution in [3.8, 4) is 17.1 Å². The third-order valence-electron chi connectivity index (χ3n) is 2.46. The highest BCUT2D eigenvalue weighted by Crippen LogP contribution is 2.29. The number of methoxy groups -OCH3 is 1. The molecule has 0 bridgehead atoms. The molecule has 2 rings (SSSR count). The van der Waals surface area contributed by atoms with Gasteiger partial charge in [-0.05, 0) is 17.9 Å². The van der Waals surface area contributed by atoms with Gasteiger partial charge in [-0.1, -0.05) is 30.8 Å². The second-order valence-electron chi connectivity index (χ2n) is 3.50. The van der Waals surface area contributed by atoms with E-state index in [9.17, 15) is 0 Å². The van der Waals surface area contributed by atoms with Gasteiger partial charge in [0.15, 0.2) is 11.0 Å². The number of aromatic nitrogens is 3. The fourth-order valence-electron chi connectivity index (χ4n) is 1.63. The van der Waals surface area contributed by atoms with E-state index in [2.05, 4.69) is 17.1 Å². The van der Waals surface area contributed by atoms with Gasteiger partial charge in [0.05, 0.1) is 12.7 Å². The molecule has 17 heavy (non-hydrogen) atoms. The molecule has 90 valence electrons. The number of thioether (sulfide) groups is 1. The third-order valence-corrected chi connectivity index (χ3v) is 3.36. The first-order chi connectivity index (χ1) is 8.27. The quantitative estimate of drug-likeness (QED) is 0.781. The van der Waals surface area contributed by atoms with Crippen LogP contribution in [0.5, 0.6) is 5.75 Å². The molecule has 0 N–H and O–H groups in total. The topological polar surface area (TPSA) is 39.9 Å². The maximum Gasteiger partial charge on any atom is 0.191 e. The molecule has 5 heteroatoms. The first-order valence-corrected chi connectivity index (χ1v) is 6.42. The maximum absolute atomic E-state index is 5.34. The molecule has 0 fully saturated rings. The van der Waals surface area contributed by atoms with Gasteiger partial charge in [0.1, 0.15) is 5.75 Å². The molecule has 0 unspecified atom stereocenters. The minimum Gasteiger partial charge on any atom is -0.496 e. The van der Waals surface area contributed by atoms with Crippen LogP contribution in [-0.2, 0) is 7.05 Å². The van der Waals surface area contributed by atoms with Crippen LogP contribution in [0.1, 0.15) is 6.92 Å². The van der Waals surface area contributed by atoms with Crippen molar-refractivity contribution in [3.63, 3.8) is 0 Å². The lowest BCUT2D eigenvalue weighted by Gasteiger charge is -2.07. The Kier molecular flexibility index (Phi) is 3.68. The van der Waals surface area contributed by atoms with E-state index in [1.807, 2.05) is 35.9 Å². The molecule has 4 nitrogen and oxygen atoms in total. The van der Waals surface area contributed by atoms with Crippen LogP contribution < -0.4 is 4.74 Å². The Morgan fingerprint density at radius 2 is 2.06 bits per heavy atom. The summed E-state index contributed by atoms with van der Waals surface area (Å²) >= 11 is 1.68. The average molecular weight is 249 g/mol. The molecule has 0 atom stereocenters. The van der Waals surface area contributed by atoms with Crippen LogP contribution in [0, 0.1) is 0 Å². The van der Waals surface area contributed by atoms with Crippen LogP contribution in [-0.4, -0.2) is 27.6 Å². The summed E-state index contributed by atoms with van der Waals surface area (Å²) in [6, 6.07) is 7.83. The minimum absolute atomic E-state index is 0.816. The summed E-state index contributed by atoms with van der Waals surface area (Å²) in [5.74, 6) is 2.63. The van der Waals surface area contributed by atoms with Gasteiger partial charge in [0, 0.05) is 7.05 Å². The zero-order valence-electron chi connectivity index (χ0n) is 10.2. The Hall–Kier alpha value is -1.49. The molecule has 1 aromatic carbocycles. The van der Waals surface area contributed by atoms with Gasteiger partial charge in [0.2, 0.25) is 0 Å². The molecule has 0 aliphatic carbocycles. The molecule has 0 saturated carbocycles. The molecule has 2 aromatic rings. The number of benzene rings is 1. The summed E-state index contributed by atoms with van der Waals surface area (Å²) in [5.41, 5.74) is 0.966. The first-order valence-electron chi connectivity index (χ1n) is 5.43. The molecule has 0 saturated heterocycles. The van der Waals surface area contributed by atoms with Crippen LogP contribution in [0.25, 0.3) is 11.4 Å². The van der Waals surface area contributed by atoms with Gasteiger partial charge in [0.25, 0.3) is 0 Å². The Balaban J connectivity index is 2.46. The highest BCUT2D eigenvalue weighted by molar-refractivity contribution is 7.99. The average Bonchev–Trinajstić information content (AvgIpc) is 2.72. The van der Waals surface area contributed by atoms with Crippen LogP contribution in [0.15, 0.2) is 29.4 Å². The predicted octanol–water partition coefficient (Wildman–Crippen LogP) is 2.60. The van der Waals surface area contributed by atoms with E-state index in [0.717, 1.165) is 28.0 Å². The molecule has 1 aromatic heterocycles. The van der Waals surface area contributed by atoms with Crippen molar-refractivity contribution in [3.05, 3.63) is 24.3 Å². The summed E-state index contributed by atoms with van der Waals surface area (Å²) in [5, 5.41) is 9.33. The van der Waals surface area contributed by atoms with Crippen molar-refractivity contribution >= 4 is 11.8 Å². The fraction of sp³-hybridized carbons (Fsp3) is 0.333. The Morgan fingerprint density at radius 1 is 1.29 bits per heavy atom. The van der Waals surface area contributed by atoms with E-state index in [1.165, 1.54) is 0 Å². The molecular weight excluding hydrogens is 234 g/mol. The van der Waals surface area contributed by atoms with Gasteiger partial charge < -0.3 is 9.30 Å². The number of hydrogen-bond acceptors (Lipinski definition) is 4. The molecule has 0 spiro atoms. The normalized spacial score (nSPS) is 10.5. The molecular formula is C12H15N3OS. The summed E-state index contributed by atoms with van der Waals surface area (Å²) in [6.07, 6.45) is 0. The highest BCUT2D eigenvalue weighted by Gasteiger charge is 2.13. The second-order valence-corrected chi connectivity index (χ2v) is 4.73. The molecule has 1 heterocycles. The van der Waals surface area contributed by atoms with Gasteiger partial charge >= 0.3 is 0 Å². The monoisotopic (exact) mass is 249 g/mol. The highest BCUT2D eigenvalue weighted by atomic mass is 32.2. The van der Waals surface area contributed by atoms with E-state index in [-0.39, 0.29) is 0 Å². The Bertz CT molecular complexity index is 510. The number of rotatable bonds is 4. The largest absolute Gasteiger partial charge is 0.496 e. The van der Waals surface area contributed by atoms with E-state index in [1.54, 1.807) is 18.9 Å². The number of hydrogen-bond donors (Lipinski definition) is 0. The predicted molar refractivity (Wildman–Crippen MR) is 69.4 cm³/mol. The van der Waals surface area contributed by atoms with Gasteiger partial charge in [-0.3, -0.25) is 0 Å². The number of para-hydroxylation sites is 1. The lowest BCUT2D eigenvalue weighted by atomic mass is 10.2. The van der Waals surface area contributed by atoms with Crippen LogP contribution >= 0.6 is 11.8 Å². The van der Waals surface area contributed by atoms with Gasteiger partial charge in [-0.15, -0.1) is 10.2 Å². The number of ether oxygens (including phenoxy) is 1. The summed E-state index contributed by atoms with van der Waals surface area (Å²) in [4.78, 5) is 0. The SMILES string of the molecule is CCSc1nnc(-c2ccccc2OC)n1C. The second kappa shape index (κ2) is 5.23. The van der Waals surface area contributed by atoms with Gasteiger partial charge in [-0.25, -0.2) is 0 Å². The fourth-order valence-corrected chi connectivity index (χ4v) is 2.27. The summed E-state index contributed by atoms with van der Waals surface area (Å²) in [6.45, 7) is 2.10. The lowest BCUT2D eigenvalue weighted by Crippen LogP contribution is -1.96. The number of nitrogens with zero attached hydrogens (tertiary/aromatic N) is 3. The van der Waals surface area contributed by atoms with Crippen molar-refractivity contribution in [2.75, 3.05) is 12.9 Å². The van der Waals surface area contributed by atoms with Crippen molar-refractivity contribution < 1.29 is 4.74 Å². The van der Waals surface area contributed by atoms with E-state index >= 15 is 0 Å². The van der Waals surface area contributed by atoms with E-state index < -0.39 is 0 Å². The maximum atomic E-state index is 5.34. The zero-order chi connectivity index (χ0) is 12.3. The van der Waals surface area contributed by atoms with E-state index in [0.29, 0.717) is 0 Å². The summed E-state index contributed by atoms with van der Waals surface area (Å²) in [7, 11) is 3.64. The van der Waals surface area contributed by atoms with Gasteiger partial charge in [-0.2, -0.15) is 0 Å². The van der Waals surface area contributed by atoms with E-state index in [4.69, 9.17) is 4.74 Å². The molecule has 0 amide bonds. The van der Waals surface area contributed by atoms with Crippen molar-refractivity contribution in [1.82, 2.24) is 14.8 Å². The van der Waals surface area contributed by atoms with Crippen molar-refractivity contribution in [1.29, 1.82) is 0 Å². The third kappa shape index (κ3) is 2.29. The zero-order valence-corrected chi connectivity index (χ0v) is 11.0. The lowest BCUT2D eigenvalue weighted by molar-refractivity contribution is 0.416. The Labute approximate surface area is 105 Å². The summed E-state index contributed by atoms with van der Waals surface area (Å²) < 4.78 is 7.33. The van der Waals surface area contributed by atoms with Crippen LogP contribution in [0.4, 0.5) is 0 Å². The molecule has 0 aliphatic heterocycles. The Morgan fingerprint density at radius 3 is 2.76 bits per heavy atom. The van der Waals surface area contributed by atoms with Crippen LogP contribution in [0.2, 0.25) is 0 Å². The molecule has 0 radical (unpaired) electrons. The first kappa shape index (κ1) is 12.0. The van der Waals surface area contributed by atoms with Crippen molar-refractivity contribution in [2.45, 2.75) is 12.1 Å².